The van der Waals surface area contributed by atoms with Gasteiger partial charge in [0.1, 0.15) is 11.6 Å². The molecule has 6 heteroatoms. The molecule has 0 N–H and O–H groups in total. The zero-order valence-corrected chi connectivity index (χ0v) is 14.7. The van der Waals surface area contributed by atoms with Gasteiger partial charge in [-0.3, -0.25) is 0 Å². The minimum absolute atomic E-state index is 0.330. The summed E-state index contributed by atoms with van der Waals surface area (Å²) in [4.78, 5) is 23.2. The van der Waals surface area contributed by atoms with Crippen LogP contribution < -0.4 is 4.90 Å². The number of fused-ring (bicyclic) bond motifs is 1. The maximum absolute atomic E-state index is 11.7. The SMILES string of the molecule is CCOC(=O)c1ccc(N2CCc3c(nc(C(C)C)n3C)C2)nc1. The summed E-state index contributed by atoms with van der Waals surface area (Å²) >= 11 is 0. The third-order valence-corrected chi connectivity index (χ3v) is 4.39. The number of aromatic nitrogens is 3. The van der Waals surface area contributed by atoms with Crippen molar-refractivity contribution < 1.29 is 9.53 Å². The lowest BCUT2D eigenvalue weighted by Gasteiger charge is -2.27. The maximum atomic E-state index is 11.7. The first-order valence-electron chi connectivity index (χ1n) is 8.43. The Morgan fingerprint density at radius 3 is 2.79 bits per heavy atom. The number of anilines is 1. The highest BCUT2D eigenvalue weighted by molar-refractivity contribution is 5.89. The Bertz CT molecular complexity index is 734. The van der Waals surface area contributed by atoms with Crippen LogP contribution >= 0.6 is 0 Å². The van der Waals surface area contributed by atoms with Crippen LogP contribution in [0.15, 0.2) is 18.3 Å². The molecule has 0 aliphatic carbocycles. The molecule has 6 nitrogen and oxygen atoms in total. The summed E-state index contributed by atoms with van der Waals surface area (Å²) in [5.41, 5.74) is 2.93. The molecule has 0 amide bonds. The van der Waals surface area contributed by atoms with Gasteiger partial charge in [-0.2, -0.15) is 0 Å². The molecule has 0 aromatic carbocycles. The third-order valence-electron chi connectivity index (χ3n) is 4.39. The highest BCUT2D eigenvalue weighted by atomic mass is 16.5. The standard InChI is InChI=1S/C18H24N4O2/c1-5-24-18(23)13-6-7-16(19-10-13)22-9-8-15-14(11-22)20-17(12(2)3)21(15)4/h6-7,10,12H,5,8-9,11H2,1-4H3. The molecule has 0 radical (unpaired) electrons. The molecule has 0 bridgehead atoms. The Morgan fingerprint density at radius 2 is 2.17 bits per heavy atom. The summed E-state index contributed by atoms with van der Waals surface area (Å²) < 4.78 is 7.22. The number of rotatable bonds is 4. The Balaban J connectivity index is 1.78. The van der Waals surface area contributed by atoms with E-state index in [2.05, 4.69) is 35.3 Å². The van der Waals surface area contributed by atoms with E-state index < -0.39 is 0 Å². The molecule has 2 aromatic rings. The smallest absolute Gasteiger partial charge is 0.339 e. The number of nitrogens with zero attached hydrogens (tertiary/aromatic N) is 4. The van der Waals surface area contributed by atoms with Gasteiger partial charge in [-0.05, 0) is 19.1 Å². The molecular weight excluding hydrogens is 304 g/mol. The Labute approximate surface area is 142 Å². The fraction of sp³-hybridized carbons (Fsp3) is 0.500. The van der Waals surface area contributed by atoms with E-state index in [4.69, 9.17) is 9.72 Å². The average molecular weight is 328 g/mol. The molecule has 2 aromatic heterocycles. The summed E-state index contributed by atoms with van der Waals surface area (Å²) in [5, 5.41) is 0. The zero-order chi connectivity index (χ0) is 17.3. The lowest BCUT2D eigenvalue weighted by Crippen LogP contribution is -2.31. The first-order chi connectivity index (χ1) is 11.5. The van der Waals surface area contributed by atoms with E-state index in [-0.39, 0.29) is 5.97 Å². The second kappa shape index (κ2) is 6.63. The van der Waals surface area contributed by atoms with Gasteiger partial charge in [0.25, 0.3) is 0 Å². The molecule has 0 saturated carbocycles. The molecule has 0 fully saturated rings. The Hall–Kier alpha value is -2.37. The van der Waals surface area contributed by atoms with Gasteiger partial charge in [-0.1, -0.05) is 13.8 Å². The summed E-state index contributed by atoms with van der Waals surface area (Å²) in [6.45, 7) is 8.15. The van der Waals surface area contributed by atoms with Crippen molar-refractivity contribution in [2.45, 2.75) is 39.7 Å². The van der Waals surface area contributed by atoms with Crippen LogP contribution in [0.4, 0.5) is 5.82 Å². The van der Waals surface area contributed by atoms with E-state index in [1.807, 2.05) is 6.07 Å². The first-order valence-corrected chi connectivity index (χ1v) is 8.43. The van der Waals surface area contributed by atoms with Crippen LogP contribution in [0.25, 0.3) is 0 Å². The number of hydrogen-bond donors (Lipinski definition) is 0. The lowest BCUT2D eigenvalue weighted by atomic mass is 10.1. The molecule has 3 heterocycles. The topological polar surface area (TPSA) is 60.2 Å². The lowest BCUT2D eigenvalue weighted by molar-refractivity contribution is 0.0526. The molecule has 0 spiro atoms. The fourth-order valence-corrected chi connectivity index (χ4v) is 3.17. The average Bonchev–Trinajstić information content (AvgIpc) is 2.92. The summed E-state index contributed by atoms with van der Waals surface area (Å²) in [6.07, 6.45) is 2.54. The first kappa shape index (κ1) is 16.5. The molecule has 0 unspecified atom stereocenters. The van der Waals surface area contributed by atoms with Gasteiger partial charge >= 0.3 is 5.97 Å². The summed E-state index contributed by atoms with van der Waals surface area (Å²) in [5.74, 6) is 2.08. The summed E-state index contributed by atoms with van der Waals surface area (Å²) in [6, 6.07) is 3.65. The van der Waals surface area contributed by atoms with Crippen molar-refractivity contribution in [2.75, 3.05) is 18.1 Å². The molecule has 1 aliphatic heterocycles. The molecule has 0 atom stereocenters. The summed E-state index contributed by atoms with van der Waals surface area (Å²) in [7, 11) is 2.10. The third kappa shape index (κ3) is 3.00. The number of pyridine rings is 1. The second-order valence-corrected chi connectivity index (χ2v) is 6.37. The van der Waals surface area contributed by atoms with Crippen molar-refractivity contribution in [3.8, 4) is 0 Å². The van der Waals surface area contributed by atoms with E-state index in [9.17, 15) is 4.79 Å². The van der Waals surface area contributed by atoms with Gasteiger partial charge in [-0.15, -0.1) is 0 Å². The molecule has 0 saturated heterocycles. The predicted molar refractivity (Wildman–Crippen MR) is 92.2 cm³/mol. The molecule has 24 heavy (non-hydrogen) atoms. The van der Waals surface area contributed by atoms with Crippen LogP contribution in [0, 0.1) is 0 Å². The Morgan fingerprint density at radius 1 is 1.38 bits per heavy atom. The van der Waals surface area contributed by atoms with E-state index in [1.165, 1.54) is 5.69 Å². The van der Waals surface area contributed by atoms with Crippen molar-refractivity contribution in [1.82, 2.24) is 14.5 Å². The normalized spacial score (nSPS) is 14.0. The van der Waals surface area contributed by atoms with Crippen molar-refractivity contribution >= 4 is 11.8 Å². The van der Waals surface area contributed by atoms with Crippen LogP contribution in [0.3, 0.4) is 0 Å². The minimum Gasteiger partial charge on any atom is -0.462 e. The number of carbonyl (C=O) groups is 1. The quantitative estimate of drug-likeness (QED) is 0.808. The monoisotopic (exact) mass is 328 g/mol. The molecule has 1 aliphatic rings. The van der Waals surface area contributed by atoms with Crippen LogP contribution in [0.5, 0.6) is 0 Å². The number of esters is 1. The van der Waals surface area contributed by atoms with Crippen LogP contribution in [0.2, 0.25) is 0 Å². The van der Waals surface area contributed by atoms with E-state index in [0.717, 1.165) is 36.8 Å². The Kier molecular flexibility index (Phi) is 4.55. The maximum Gasteiger partial charge on any atom is 0.339 e. The highest BCUT2D eigenvalue weighted by Gasteiger charge is 2.24. The molecular formula is C18H24N4O2. The van der Waals surface area contributed by atoms with Gasteiger partial charge in [0.15, 0.2) is 0 Å². The van der Waals surface area contributed by atoms with E-state index in [1.54, 1.807) is 19.2 Å². The second-order valence-electron chi connectivity index (χ2n) is 6.37. The van der Waals surface area contributed by atoms with Crippen molar-refractivity contribution in [3.05, 3.63) is 41.1 Å². The predicted octanol–water partition coefficient (Wildman–Crippen LogP) is 2.68. The van der Waals surface area contributed by atoms with Crippen LogP contribution in [0.1, 0.15) is 54.3 Å². The fourth-order valence-electron chi connectivity index (χ4n) is 3.17. The molecule has 128 valence electrons. The van der Waals surface area contributed by atoms with Gasteiger partial charge in [-0.25, -0.2) is 14.8 Å². The number of ether oxygens (including phenoxy) is 1. The van der Waals surface area contributed by atoms with Crippen LogP contribution in [-0.4, -0.2) is 33.7 Å². The number of carbonyl (C=O) groups excluding carboxylic acids is 1. The van der Waals surface area contributed by atoms with Crippen molar-refractivity contribution in [3.63, 3.8) is 0 Å². The number of imidazole rings is 1. The van der Waals surface area contributed by atoms with Crippen LogP contribution in [-0.2, 0) is 24.8 Å². The zero-order valence-electron chi connectivity index (χ0n) is 14.7. The number of hydrogen-bond acceptors (Lipinski definition) is 5. The van der Waals surface area contributed by atoms with E-state index in [0.29, 0.717) is 18.1 Å². The minimum atomic E-state index is -0.330. The van der Waals surface area contributed by atoms with Gasteiger partial charge in [0, 0.05) is 37.8 Å². The van der Waals surface area contributed by atoms with Gasteiger partial charge in [0.05, 0.1) is 24.4 Å². The largest absolute Gasteiger partial charge is 0.462 e. The van der Waals surface area contributed by atoms with E-state index >= 15 is 0 Å². The van der Waals surface area contributed by atoms with Crippen molar-refractivity contribution in [1.29, 1.82) is 0 Å². The van der Waals surface area contributed by atoms with Crippen molar-refractivity contribution in [2.24, 2.45) is 7.05 Å². The van der Waals surface area contributed by atoms with Gasteiger partial charge < -0.3 is 14.2 Å². The van der Waals surface area contributed by atoms with Gasteiger partial charge in [0.2, 0.25) is 0 Å². The molecule has 3 rings (SSSR count). The highest BCUT2D eigenvalue weighted by Crippen LogP contribution is 2.25.